The molecule has 0 aliphatic carbocycles. The van der Waals surface area contributed by atoms with Gasteiger partial charge in [0.1, 0.15) is 11.4 Å². The zero-order valence-corrected chi connectivity index (χ0v) is 15.8. The second kappa shape index (κ2) is 6.79. The quantitative estimate of drug-likeness (QED) is 0.841. The summed E-state index contributed by atoms with van der Waals surface area (Å²) in [5.74, 6) is 0.943. The van der Waals surface area contributed by atoms with Crippen LogP contribution in [0, 0.1) is 6.92 Å². The maximum absolute atomic E-state index is 12.8. The van der Waals surface area contributed by atoms with Gasteiger partial charge in [-0.2, -0.15) is 0 Å². The summed E-state index contributed by atoms with van der Waals surface area (Å²) in [6.45, 7) is 5.81. The number of furan rings is 1. The highest BCUT2D eigenvalue weighted by atomic mass is 16.6. The van der Waals surface area contributed by atoms with E-state index >= 15 is 0 Å². The van der Waals surface area contributed by atoms with Crippen LogP contribution in [-0.4, -0.2) is 42.3 Å². The number of anilines is 1. The van der Waals surface area contributed by atoms with Crippen molar-refractivity contribution in [3.63, 3.8) is 0 Å². The van der Waals surface area contributed by atoms with Crippen LogP contribution in [0.5, 0.6) is 0 Å². The van der Waals surface area contributed by atoms with Gasteiger partial charge in [0.25, 0.3) is 0 Å². The highest BCUT2D eigenvalue weighted by Crippen LogP contribution is 2.32. The van der Waals surface area contributed by atoms with Gasteiger partial charge in [-0.25, -0.2) is 9.59 Å². The van der Waals surface area contributed by atoms with Crippen molar-refractivity contribution < 1.29 is 18.7 Å². The summed E-state index contributed by atoms with van der Waals surface area (Å²) < 4.78 is 11.5. The Kier molecular flexibility index (Phi) is 4.45. The van der Waals surface area contributed by atoms with E-state index in [4.69, 9.17) is 9.15 Å². The summed E-state index contributed by atoms with van der Waals surface area (Å²) in [7, 11) is 0. The molecule has 144 valence electrons. The Morgan fingerprint density at radius 3 is 2.93 bits per heavy atom. The molecule has 1 atom stereocenters. The molecule has 1 spiro atoms. The summed E-state index contributed by atoms with van der Waals surface area (Å²) in [6, 6.07) is 5.66. The number of hydrogen-bond donors (Lipinski definition) is 2. The van der Waals surface area contributed by atoms with E-state index < -0.39 is 5.60 Å². The summed E-state index contributed by atoms with van der Waals surface area (Å²) in [5.41, 5.74) is 2.06. The van der Waals surface area contributed by atoms with Crippen LogP contribution in [0.2, 0.25) is 0 Å². The van der Waals surface area contributed by atoms with E-state index in [9.17, 15) is 9.59 Å². The average Bonchev–Trinajstić information content (AvgIpc) is 3.10. The van der Waals surface area contributed by atoms with Crippen molar-refractivity contribution >= 4 is 28.8 Å². The number of likely N-dealkylation sites (tertiary alicyclic amines) is 1. The number of carbonyl (C=O) groups excluding carboxylic acids is 2. The lowest BCUT2D eigenvalue weighted by Crippen LogP contribution is -2.38. The number of benzene rings is 1. The van der Waals surface area contributed by atoms with Gasteiger partial charge in [0, 0.05) is 31.3 Å². The maximum Gasteiger partial charge on any atom is 0.407 e. The van der Waals surface area contributed by atoms with Crippen LogP contribution < -0.4 is 10.6 Å². The number of hydrogen-bond acceptors (Lipinski definition) is 4. The molecule has 0 bridgehead atoms. The summed E-state index contributed by atoms with van der Waals surface area (Å²) in [4.78, 5) is 26.1. The molecule has 2 fully saturated rings. The van der Waals surface area contributed by atoms with E-state index in [0.717, 1.165) is 41.6 Å². The SMILES string of the molecule is CCc1oc2c(NC(=O)N3CCCC4(CC3)CNC(=O)O4)cccc2c1C. The van der Waals surface area contributed by atoms with Gasteiger partial charge in [-0.05, 0) is 31.4 Å². The Morgan fingerprint density at radius 2 is 2.19 bits per heavy atom. The molecular formula is C20H25N3O4. The molecule has 2 N–H and O–H groups in total. The molecule has 2 aliphatic heterocycles. The number of carbonyl (C=O) groups is 2. The van der Waals surface area contributed by atoms with Crippen LogP contribution in [-0.2, 0) is 11.2 Å². The fourth-order valence-corrected chi connectivity index (χ4v) is 4.07. The number of amides is 3. The smallest absolute Gasteiger partial charge is 0.407 e. The van der Waals surface area contributed by atoms with E-state index in [0.29, 0.717) is 31.7 Å². The predicted octanol–water partition coefficient (Wildman–Crippen LogP) is 3.80. The number of fused-ring (bicyclic) bond motifs is 1. The third kappa shape index (κ3) is 3.22. The van der Waals surface area contributed by atoms with Gasteiger partial charge < -0.3 is 24.7 Å². The first-order chi connectivity index (χ1) is 13.0. The Balaban J connectivity index is 1.49. The van der Waals surface area contributed by atoms with Gasteiger partial charge in [-0.3, -0.25) is 0 Å². The molecule has 4 rings (SSSR count). The Labute approximate surface area is 158 Å². The molecule has 3 heterocycles. The van der Waals surface area contributed by atoms with Gasteiger partial charge in [0.05, 0.1) is 12.2 Å². The van der Waals surface area contributed by atoms with Crippen molar-refractivity contribution in [1.29, 1.82) is 0 Å². The molecule has 7 heteroatoms. The van der Waals surface area contributed by atoms with Crippen molar-refractivity contribution in [2.75, 3.05) is 25.0 Å². The molecule has 2 aromatic rings. The number of nitrogens with zero attached hydrogens (tertiary/aromatic N) is 1. The second-order valence-electron chi connectivity index (χ2n) is 7.38. The first-order valence-electron chi connectivity index (χ1n) is 9.55. The first-order valence-corrected chi connectivity index (χ1v) is 9.55. The summed E-state index contributed by atoms with van der Waals surface area (Å²) in [5, 5.41) is 6.77. The Bertz CT molecular complexity index is 891. The molecule has 0 radical (unpaired) electrons. The van der Waals surface area contributed by atoms with Crippen molar-refractivity contribution in [1.82, 2.24) is 10.2 Å². The number of urea groups is 1. The minimum Gasteiger partial charge on any atom is -0.459 e. The molecule has 7 nitrogen and oxygen atoms in total. The van der Waals surface area contributed by atoms with Crippen LogP contribution in [0.25, 0.3) is 11.0 Å². The zero-order chi connectivity index (χ0) is 19.0. The van der Waals surface area contributed by atoms with Gasteiger partial charge in [-0.15, -0.1) is 0 Å². The highest BCUT2D eigenvalue weighted by Gasteiger charge is 2.41. The van der Waals surface area contributed by atoms with Gasteiger partial charge >= 0.3 is 12.1 Å². The lowest BCUT2D eigenvalue weighted by atomic mass is 9.95. The number of rotatable bonds is 2. The topological polar surface area (TPSA) is 83.8 Å². The summed E-state index contributed by atoms with van der Waals surface area (Å²) in [6.07, 6.45) is 2.66. The monoisotopic (exact) mass is 371 g/mol. The average molecular weight is 371 g/mol. The standard InChI is InChI=1S/C20H25N3O4/c1-3-16-13(2)14-6-4-7-15(17(14)26-16)22-18(24)23-10-5-8-20(9-11-23)12-21-19(25)27-20/h4,6-7H,3,5,8-12H2,1-2H3,(H,21,25)(H,22,24). The Morgan fingerprint density at radius 1 is 1.33 bits per heavy atom. The molecular weight excluding hydrogens is 346 g/mol. The number of nitrogens with one attached hydrogen (secondary N) is 2. The first kappa shape index (κ1) is 17.7. The van der Waals surface area contributed by atoms with Gasteiger partial charge in [0.2, 0.25) is 0 Å². The largest absolute Gasteiger partial charge is 0.459 e. The van der Waals surface area contributed by atoms with Crippen molar-refractivity contribution in [2.24, 2.45) is 0 Å². The molecule has 3 amide bonds. The molecule has 1 aromatic carbocycles. The number of alkyl carbamates (subject to hydrolysis) is 1. The molecule has 1 unspecified atom stereocenters. The van der Waals surface area contributed by atoms with E-state index in [2.05, 4.69) is 17.6 Å². The minimum absolute atomic E-state index is 0.149. The van der Waals surface area contributed by atoms with Crippen molar-refractivity contribution in [3.05, 3.63) is 29.5 Å². The van der Waals surface area contributed by atoms with Crippen LogP contribution >= 0.6 is 0 Å². The molecule has 27 heavy (non-hydrogen) atoms. The highest BCUT2D eigenvalue weighted by molar-refractivity contribution is 6.00. The molecule has 0 saturated carbocycles. The lowest BCUT2D eigenvalue weighted by molar-refractivity contribution is 0.0454. The minimum atomic E-state index is -0.472. The van der Waals surface area contributed by atoms with Crippen LogP contribution in [0.1, 0.15) is 37.5 Å². The molecule has 2 aliphatic rings. The number of ether oxygens (including phenoxy) is 1. The third-order valence-corrected chi connectivity index (χ3v) is 5.67. The van der Waals surface area contributed by atoms with Crippen molar-refractivity contribution in [2.45, 2.75) is 45.1 Å². The fourth-order valence-electron chi connectivity index (χ4n) is 4.07. The van der Waals surface area contributed by atoms with Gasteiger partial charge in [0.15, 0.2) is 5.58 Å². The fraction of sp³-hybridized carbons (Fsp3) is 0.500. The number of aryl methyl sites for hydroxylation is 2. The van der Waals surface area contributed by atoms with Crippen LogP contribution in [0.3, 0.4) is 0 Å². The Hall–Kier alpha value is -2.70. The van der Waals surface area contributed by atoms with E-state index in [1.54, 1.807) is 4.90 Å². The normalized spacial score (nSPS) is 22.6. The van der Waals surface area contributed by atoms with Gasteiger partial charge in [-0.1, -0.05) is 19.1 Å². The molecule has 2 saturated heterocycles. The molecule has 1 aromatic heterocycles. The summed E-state index contributed by atoms with van der Waals surface area (Å²) >= 11 is 0. The van der Waals surface area contributed by atoms with Crippen LogP contribution in [0.4, 0.5) is 15.3 Å². The maximum atomic E-state index is 12.8. The van der Waals surface area contributed by atoms with E-state index in [-0.39, 0.29) is 12.1 Å². The lowest BCUT2D eigenvalue weighted by Gasteiger charge is -2.25. The third-order valence-electron chi connectivity index (χ3n) is 5.67. The van der Waals surface area contributed by atoms with E-state index in [1.165, 1.54) is 0 Å². The second-order valence-corrected chi connectivity index (χ2v) is 7.38. The number of para-hydroxylation sites is 1. The zero-order valence-electron chi connectivity index (χ0n) is 15.8. The van der Waals surface area contributed by atoms with Crippen molar-refractivity contribution in [3.8, 4) is 0 Å². The van der Waals surface area contributed by atoms with Crippen LogP contribution in [0.15, 0.2) is 22.6 Å². The predicted molar refractivity (Wildman–Crippen MR) is 102 cm³/mol. The van der Waals surface area contributed by atoms with E-state index in [1.807, 2.05) is 25.1 Å².